The Kier molecular flexibility index (Phi) is 5.01. The summed E-state index contributed by atoms with van der Waals surface area (Å²) >= 11 is 0. The third-order valence-corrected chi connectivity index (χ3v) is 5.29. The highest BCUT2D eigenvalue weighted by Gasteiger charge is 2.30. The SMILES string of the molecule is COc1ccc(S(=O)(=O)NCC2Oc3ccccc3NC2=O)c(OC)c1. The highest BCUT2D eigenvalue weighted by Crippen LogP contribution is 2.30. The second kappa shape index (κ2) is 7.22. The van der Waals surface area contributed by atoms with Crippen LogP contribution in [0, 0.1) is 0 Å². The molecule has 0 saturated heterocycles. The fourth-order valence-corrected chi connectivity index (χ4v) is 3.67. The molecule has 0 radical (unpaired) electrons. The number of hydrogen-bond donors (Lipinski definition) is 2. The highest BCUT2D eigenvalue weighted by atomic mass is 32.2. The zero-order chi connectivity index (χ0) is 18.7. The monoisotopic (exact) mass is 378 g/mol. The van der Waals surface area contributed by atoms with Gasteiger partial charge in [0.05, 0.1) is 26.5 Å². The van der Waals surface area contributed by atoms with Crippen molar-refractivity contribution in [3.63, 3.8) is 0 Å². The number of carbonyl (C=O) groups excluding carboxylic acids is 1. The van der Waals surface area contributed by atoms with Gasteiger partial charge in [0, 0.05) is 6.07 Å². The predicted octanol–water partition coefficient (Wildman–Crippen LogP) is 1.38. The quantitative estimate of drug-likeness (QED) is 0.787. The largest absolute Gasteiger partial charge is 0.497 e. The third kappa shape index (κ3) is 3.58. The first-order valence-electron chi connectivity index (χ1n) is 7.73. The van der Waals surface area contributed by atoms with Gasteiger partial charge in [0.2, 0.25) is 10.0 Å². The number of ether oxygens (including phenoxy) is 3. The van der Waals surface area contributed by atoms with Crippen molar-refractivity contribution in [2.24, 2.45) is 0 Å². The van der Waals surface area contributed by atoms with Crippen LogP contribution in [-0.2, 0) is 14.8 Å². The Bertz CT molecular complexity index is 929. The van der Waals surface area contributed by atoms with Crippen LogP contribution in [0.1, 0.15) is 0 Å². The van der Waals surface area contributed by atoms with E-state index in [0.29, 0.717) is 17.2 Å². The Morgan fingerprint density at radius 1 is 1.15 bits per heavy atom. The van der Waals surface area contributed by atoms with Crippen molar-refractivity contribution in [3.8, 4) is 17.2 Å². The molecule has 9 heteroatoms. The molecule has 1 unspecified atom stereocenters. The van der Waals surface area contributed by atoms with Gasteiger partial charge in [0.15, 0.2) is 6.10 Å². The Morgan fingerprint density at radius 3 is 2.65 bits per heavy atom. The molecule has 0 bridgehead atoms. The van der Waals surface area contributed by atoms with Crippen molar-refractivity contribution in [2.75, 3.05) is 26.1 Å². The average Bonchev–Trinajstić information content (AvgIpc) is 2.65. The molecular weight excluding hydrogens is 360 g/mol. The molecule has 8 nitrogen and oxygen atoms in total. The standard InChI is InChI=1S/C17H18N2O6S/c1-23-11-7-8-16(14(9-11)24-2)26(21,22)18-10-15-17(20)19-12-5-3-4-6-13(12)25-15/h3-9,15,18H,10H2,1-2H3,(H,19,20). The fourth-order valence-electron chi connectivity index (χ4n) is 2.49. The minimum atomic E-state index is -3.92. The second-order valence-corrected chi connectivity index (χ2v) is 7.20. The number of para-hydroxylation sites is 2. The van der Waals surface area contributed by atoms with E-state index in [-0.39, 0.29) is 17.2 Å². The zero-order valence-electron chi connectivity index (χ0n) is 14.2. The summed E-state index contributed by atoms with van der Waals surface area (Å²) in [5.74, 6) is 0.662. The molecule has 2 aromatic rings. The maximum Gasteiger partial charge on any atom is 0.266 e. The van der Waals surface area contributed by atoms with E-state index in [1.54, 1.807) is 24.3 Å². The van der Waals surface area contributed by atoms with Crippen LogP contribution in [0.2, 0.25) is 0 Å². The molecule has 0 spiro atoms. The molecule has 138 valence electrons. The molecule has 26 heavy (non-hydrogen) atoms. The van der Waals surface area contributed by atoms with E-state index >= 15 is 0 Å². The summed E-state index contributed by atoms with van der Waals surface area (Å²) in [7, 11) is -1.08. The van der Waals surface area contributed by atoms with Crippen LogP contribution in [0.15, 0.2) is 47.4 Å². The van der Waals surface area contributed by atoms with Gasteiger partial charge in [0.1, 0.15) is 22.1 Å². The molecule has 2 N–H and O–H groups in total. The number of hydrogen-bond acceptors (Lipinski definition) is 6. The summed E-state index contributed by atoms with van der Waals surface area (Å²) in [5, 5.41) is 2.68. The lowest BCUT2D eigenvalue weighted by Crippen LogP contribution is -2.45. The molecule has 2 aromatic carbocycles. The smallest absolute Gasteiger partial charge is 0.266 e. The lowest BCUT2D eigenvalue weighted by atomic mass is 10.2. The highest BCUT2D eigenvalue weighted by molar-refractivity contribution is 7.89. The van der Waals surface area contributed by atoms with Crippen LogP contribution >= 0.6 is 0 Å². The molecule has 1 atom stereocenters. The first-order valence-corrected chi connectivity index (χ1v) is 9.21. The number of methoxy groups -OCH3 is 2. The topological polar surface area (TPSA) is 103 Å². The zero-order valence-corrected chi connectivity index (χ0v) is 15.0. The van der Waals surface area contributed by atoms with Crippen molar-refractivity contribution in [1.82, 2.24) is 4.72 Å². The van der Waals surface area contributed by atoms with E-state index in [1.807, 2.05) is 0 Å². The van der Waals surface area contributed by atoms with Crippen molar-refractivity contribution in [2.45, 2.75) is 11.0 Å². The molecule has 0 aliphatic carbocycles. The molecule has 1 aliphatic rings. The molecule has 0 saturated carbocycles. The van der Waals surface area contributed by atoms with Crippen molar-refractivity contribution >= 4 is 21.6 Å². The normalized spacial score (nSPS) is 16.2. The van der Waals surface area contributed by atoms with Crippen LogP contribution in [-0.4, -0.2) is 41.2 Å². The summed E-state index contributed by atoms with van der Waals surface area (Å²) in [5.41, 5.74) is 0.549. The van der Waals surface area contributed by atoms with Gasteiger partial charge in [-0.25, -0.2) is 13.1 Å². The van der Waals surface area contributed by atoms with Gasteiger partial charge < -0.3 is 19.5 Å². The Morgan fingerprint density at radius 2 is 1.92 bits per heavy atom. The van der Waals surface area contributed by atoms with E-state index in [4.69, 9.17) is 14.2 Å². The third-order valence-electron chi connectivity index (χ3n) is 3.83. The Hall–Kier alpha value is -2.78. The van der Waals surface area contributed by atoms with Gasteiger partial charge in [0.25, 0.3) is 5.91 Å². The molecular formula is C17H18N2O6S. The number of amides is 1. The summed E-state index contributed by atoms with van der Waals surface area (Å²) in [6.45, 7) is -0.225. The number of carbonyl (C=O) groups is 1. The van der Waals surface area contributed by atoms with E-state index in [0.717, 1.165) is 0 Å². The number of benzene rings is 2. The van der Waals surface area contributed by atoms with E-state index < -0.39 is 22.0 Å². The summed E-state index contributed by atoms with van der Waals surface area (Å²) in [6, 6.07) is 11.3. The van der Waals surface area contributed by atoms with Gasteiger partial charge in [-0.2, -0.15) is 0 Å². The van der Waals surface area contributed by atoms with Crippen LogP contribution in [0.3, 0.4) is 0 Å². The molecule has 0 fully saturated rings. The fraction of sp³-hybridized carbons (Fsp3) is 0.235. The van der Waals surface area contributed by atoms with Crippen LogP contribution < -0.4 is 24.2 Å². The van der Waals surface area contributed by atoms with Gasteiger partial charge in [-0.05, 0) is 24.3 Å². The molecule has 1 aliphatic heterocycles. The number of rotatable bonds is 6. The molecule has 1 amide bonds. The maximum atomic E-state index is 12.6. The first kappa shape index (κ1) is 18.0. The Labute approximate surface area is 151 Å². The number of sulfonamides is 1. The first-order chi connectivity index (χ1) is 12.4. The predicted molar refractivity (Wildman–Crippen MR) is 94.2 cm³/mol. The number of fused-ring (bicyclic) bond motifs is 1. The van der Waals surface area contributed by atoms with Crippen LogP contribution in [0.4, 0.5) is 5.69 Å². The molecule has 3 rings (SSSR count). The van der Waals surface area contributed by atoms with Gasteiger partial charge in [-0.15, -0.1) is 0 Å². The van der Waals surface area contributed by atoms with Crippen LogP contribution in [0.5, 0.6) is 17.2 Å². The van der Waals surface area contributed by atoms with Crippen molar-refractivity contribution < 1.29 is 27.4 Å². The average molecular weight is 378 g/mol. The summed E-state index contributed by atoms with van der Waals surface area (Å²) < 4.78 is 43.3. The molecule has 1 heterocycles. The number of anilines is 1. The number of nitrogens with one attached hydrogen (secondary N) is 2. The lowest BCUT2D eigenvalue weighted by molar-refractivity contribution is -0.123. The van der Waals surface area contributed by atoms with Crippen LogP contribution in [0.25, 0.3) is 0 Å². The lowest BCUT2D eigenvalue weighted by Gasteiger charge is -2.25. The minimum Gasteiger partial charge on any atom is -0.497 e. The summed E-state index contributed by atoms with van der Waals surface area (Å²) in [6.07, 6.45) is -0.982. The molecule has 0 aromatic heterocycles. The second-order valence-electron chi connectivity index (χ2n) is 5.46. The summed E-state index contributed by atoms with van der Waals surface area (Å²) in [4.78, 5) is 12.0. The Balaban J connectivity index is 1.76. The van der Waals surface area contributed by atoms with Crippen molar-refractivity contribution in [1.29, 1.82) is 0 Å². The maximum absolute atomic E-state index is 12.6. The van der Waals surface area contributed by atoms with E-state index in [2.05, 4.69) is 10.0 Å². The van der Waals surface area contributed by atoms with Gasteiger partial charge in [-0.1, -0.05) is 12.1 Å². The van der Waals surface area contributed by atoms with Gasteiger partial charge >= 0.3 is 0 Å². The van der Waals surface area contributed by atoms with Gasteiger partial charge in [-0.3, -0.25) is 4.79 Å². The van der Waals surface area contributed by atoms with Crippen molar-refractivity contribution in [3.05, 3.63) is 42.5 Å². The minimum absolute atomic E-state index is 0.0579. The van der Waals surface area contributed by atoms with E-state index in [9.17, 15) is 13.2 Å². The van der Waals surface area contributed by atoms with E-state index in [1.165, 1.54) is 32.4 Å².